The molecule has 2 rings (SSSR count). The van der Waals surface area contributed by atoms with Crippen LogP contribution in [0.2, 0.25) is 0 Å². The molecule has 0 saturated heterocycles. The summed E-state index contributed by atoms with van der Waals surface area (Å²) in [5.41, 5.74) is 1.32. The third-order valence-corrected chi connectivity index (χ3v) is 5.22. The van der Waals surface area contributed by atoms with Crippen molar-refractivity contribution in [2.45, 2.75) is 13.3 Å². The fraction of sp³-hybridized carbons (Fsp3) is 0.286. The van der Waals surface area contributed by atoms with Crippen molar-refractivity contribution in [1.29, 1.82) is 0 Å². The van der Waals surface area contributed by atoms with Gasteiger partial charge in [-0.3, -0.25) is 4.79 Å². The molecule has 0 fully saturated rings. The first kappa shape index (κ1) is 15.7. The van der Waals surface area contributed by atoms with Gasteiger partial charge in [-0.15, -0.1) is 0 Å². The highest BCUT2D eigenvalue weighted by molar-refractivity contribution is 9.10. The molecular weight excluding hydrogens is 358 g/mol. The van der Waals surface area contributed by atoms with Crippen LogP contribution in [0.4, 0.5) is 0 Å². The van der Waals surface area contributed by atoms with E-state index in [1.54, 1.807) is 24.9 Å². The molecule has 20 heavy (non-hydrogen) atoms. The summed E-state index contributed by atoms with van der Waals surface area (Å²) in [6.45, 7) is 2.11. The Morgan fingerprint density at radius 1 is 1.50 bits per heavy atom. The second kappa shape index (κ2) is 7.33. The fourth-order valence-corrected chi connectivity index (χ4v) is 3.75. The monoisotopic (exact) mass is 371 g/mol. The lowest BCUT2D eigenvalue weighted by Gasteiger charge is -2.05. The minimum atomic E-state index is -0.00867. The molecule has 0 amide bonds. The Balaban J connectivity index is 2.28. The summed E-state index contributed by atoms with van der Waals surface area (Å²) >= 11 is 6.25. The van der Waals surface area contributed by atoms with E-state index in [1.165, 1.54) is 11.8 Å². The minimum absolute atomic E-state index is 0.00867. The maximum absolute atomic E-state index is 12.0. The van der Waals surface area contributed by atoms with Gasteiger partial charge in [0.05, 0.1) is 7.11 Å². The van der Waals surface area contributed by atoms with Crippen LogP contribution in [0.3, 0.4) is 0 Å². The maximum Gasteiger partial charge on any atom is 0.244 e. The zero-order valence-corrected chi connectivity index (χ0v) is 14.4. The van der Waals surface area contributed by atoms with Gasteiger partial charge in [0.15, 0.2) is 0 Å². The highest BCUT2D eigenvalue weighted by Crippen LogP contribution is 2.33. The molecule has 0 bridgehead atoms. The molecule has 6 heteroatoms. The fourth-order valence-electron chi connectivity index (χ4n) is 1.61. The lowest BCUT2D eigenvalue weighted by Crippen LogP contribution is -1.91. The molecule has 0 N–H and O–H groups in total. The van der Waals surface area contributed by atoms with Gasteiger partial charge in [-0.25, -0.2) is 4.99 Å². The van der Waals surface area contributed by atoms with Crippen molar-refractivity contribution in [3.8, 4) is 5.75 Å². The molecule has 3 nitrogen and oxygen atoms in total. The van der Waals surface area contributed by atoms with Crippen molar-refractivity contribution in [3.63, 3.8) is 0 Å². The number of nitrogens with zero attached hydrogens (tertiary/aromatic N) is 1. The summed E-state index contributed by atoms with van der Waals surface area (Å²) in [6.07, 6.45) is 2.84. The molecule has 0 atom stereocenters. The molecule has 1 aromatic rings. The lowest BCUT2D eigenvalue weighted by molar-refractivity contribution is -0.107. The Morgan fingerprint density at radius 2 is 2.30 bits per heavy atom. The number of ether oxygens (including phenoxy) is 1. The van der Waals surface area contributed by atoms with Crippen LogP contribution < -0.4 is 4.74 Å². The molecule has 1 aromatic carbocycles. The quantitative estimate of drug-likeness (QED) is 0.726. The van der Waals surface area contributed by atoms with E-state index in [9.17, 15) is 4.79 Å². The number of benzene rings is 1. The first-order valence-electron chi connectivity index (χ1n) is 6.13. The van der Waals surface area contributed by atoms with Crippen LogP contribution in [0.5, 0.6) is 5.75 Å². The van der Waals surface area contributed by atoms with Crippen molar-refractivity contribution >= 4 is 55.0 Å². The number of carbonyl (C=O) groups excluding carboxylic acids is 1. The number of halogens is 1. The highest BCUT2D eigenvalue weighted by Gasteiger charge is 2.22. The number of thioether (sulfide) groups is 2. The maximum atomic E-state index is 12.0. The molecule has 1 heterocycles. The Hall–Kier alpha value is -0.720. The van der Waals surface area contributed by atoms with Crippen molar-refractivity contribution < 1.29 is 9.53 Å². The van der Waals surface area contributed by atoms with Crippen molar-refractivity contribution in [2.24, 2.45) is 4.99 Å². The number of aliphatic imine (C=N–C) groups is 1. The second-order valence-electron chi connectivity index (χ2n) is 4.03. The van der Waals surface area contributed by atoms with Crippen molar-refractivity contribution in [1.82, 2.24) is 0 Å². The number of carbonyl (C=O) groups is 1. The lowest BCUT2D eigenvalue weighted by atomic mass is 10.1. The largest absolute Gasteiger partial charge is 0.496 e. The van der Waals surface area contributed by atoms with E-state index in [2.05, 4.69) is 27.8 Å². The number of rotatable bonds is 4. The molecule has 0 aliphatic carbocycles. The van der Waals surface area contributed by atoms with Crippen LogP contribution in [0, 0.1) is 0 Å². The zero-order valence-electron chi connectivity index (χ0n) is 11.2. The Labute approximate surface area is 135 Å². The molecule has 1 aliphatic heterocycles. The van der Waals surface area contributed by atoms with Gasteiger partial charge in [0.25, 0.3) is 0 Å². The third kappa shape index (κ3) is 3.90. The van der Waals surface area contributed by atoms with Gasteiger partial charge in [0, 0.05) is 10.0 Å². The van der Waals surface area contributed by atoms with Gasteiger partial charge in [0.2, 0.25) is 5.12 Å². The molecule has 0 aromatic heterocycles. The van der Waals surface area contributed by atoms with Gasteiger partial charge >= 0.3 is 0 Å². The zero-order chi connectivity index (χ0) is 14.5. The van der Waals surface area contributed by atoms with E-state index in [4.69, 9.17) is 4.74 Å². The smallest absolute Gasteiger partial charge is 0.244 e. The van der Waals surface area contributed by atoms with E-state index in [0.717, 1.165) is 32.3 Å². The van der Waals surface area contributed by atoms with Crippen molar-refractivity contribution in [2.75, 3.05) is 12.9 Å². The predicted octanol–water partition coefficient (Wildman–Crippen LogP) is 4.57. The molecule has 0 unspecified atom stereocenters. The normalized spacial score (nSPS) is 16.6. The molecule has 0 radical (unpaired) electrons. The Kier molecular flexibility index (Phi) is 5.74. The summed E-state index contributed by atoms with van der Waals surface area (Å²) in [4.78, 5) is 16.3. The van der Waals surface area contributed by atoms with Crippen molar-refractivity contribution in [3.05, 3.63) is 33.9 Å². The summed E-state index contributed by atoms with van der Waals surface area (Å²) < 4.78 is 7.07. The SMILES string of the molecule is CCCSC1=NC(=Cc2cc(Br)ccc2OC)C(=O)S1. The summed E-state index contributed by atoms with van der Waals surface area (Å²) in [5.74, 6) is 1.70. The standard InChI is InChI=1S/C14H14BrNO2S2/c1-3-6-19-14-16-11(13(17)20-14)8-9-7-10(15)4-5-12(9)18-2/h4-5,7-8H,3,6H2,1-2H3. The van der Waals surface area contributed by atoms with Crippen LogP contribution in [0.1, 0.15) is 18.9 Å². The third-order valence-electron chi connectivity index (χ3n) is 2.51. The van der Waals surface area contributed by atoms with Gasteiger partial charge in [0.1, 0.15) is 15.8 Å². The number of hydrogen-bond acceptors (Lipinski definition) is 5. The molecule has 0 saturated carbocycles. The molecule has 1 aliphatic rings. The van der Waals surface area contributed by atoms with Crippen LogP contribution in [0.15, 0.2) is 33.4 Å². The van der Waals surface area contributed by atoms with E-state index in [1.807, 2.05) is 18.2 Å². The Morgan fingerprint density at radius 3 is 3.00 bits per heavy atom. The summed E-state index contributed by atoms with van der Waals surface area (Å²) in [5, 5.41) is -0.00867. The predicted molar refractivity (Wildman–Crippen MR) is 91.5 cm³/mol. The Bertz CT molecular complexity index is 585. The summed E-state index contributed by atoms with van der Waals surface area (Å²) in [6, 6.07) is 5.67. The van der Waals surface area contributed by atoms with E-state index in [0.29, 0.717) is 5.70 Å². The van der Waals surface area contributed by atoms with Crippen LogP contribution in [-0.2, 0) is 4.79 Å². The van der Waals surface area contributed by atoms with Crippen LogP contribution >= 0.6 is 39.5 Å². The highest BCUT2D eigenvalue weighted by atomic mass is 79.9. The van der Waals surface area contributed by atoms with Gasteiger partial charge < -0.3 is 4.74 Å². The number of methoxy groups -OCH3 is 1. The minimum Gasteiger partial charge on any atom is -0.496 e. The van der Waals surface area contributed by atoms with Crippen LogP contribution in [0.25, 0.3) is 6.08 Å². The average molecular weight is 372 g/mol. The van der Waals surface area contributed by atoms with E-state index < -0.39 is 0 Å². The van der Waals surface area contributed by atoms with E-state index >= 15 is 0 Å². The molecular formula is C14H14BrNO2S2. The van der Waals surface area contributed by atoms with Gasteiger partial charge in [-0.05, 0) is 48.2 Å². The average Bonchev–Trinajstić information content (AvgIpc) is 2.77. The molecule has 106 valence electrons. The van der Waals surface area contributed by atoms with Crippen LogP contribution in [-0.4, -0.2) is 22.4 Å². The van der Waals surface area contributed by atoms with Gasteiger partial charge in [-0.2, -0.15) is 0 Å². The second-order valence-corrected chi connectivity index (χ2v) is 7.25. The number of hydrogen-bond donors (Lipinski definition) is 0. The first-order chi connectivity index (χ1) is 9.63. The van der Waals surface area contributed by atoms with E-state index in [-0.39, 0.29) is 5.12 Å². The van der Waals surface area contributed by atoms with Gasteiger partial charge in [-0.1, -0.05) is 34.6 Å². The summed E-state index contributed by atoms with van der Waals surface area (Å²) in [7, 11) is 1.61. The topological polar surface area (TPSA) is 38.7 Å². The first-order valence-corrected chi connectivity index (χ1v) is 8.72. The molecule has 0 spiro atoms.